The van der Waals surface area contributed by atoms with Gasteiger partial charge in [0.15, 0.2) is 0 Å². The molecule has 256 valence electrons. The third-order valence-electron chi connectivity index (χ3n) is 9.22. The molecule has 2 atom stereocenters. The van der Waals surface area contributed by atoms with Crippen LogP contribution in [0.1, 0.15) is 75.4 Å². The van der Waals surface area contributed by atoms with Crippen molar-refractivity contribution in [1.82, 2.24) is 24.2 Å². The van der Waals surface area contributed by atoms with Crippen LogP contribution in [0.4, 0.5) is 0 Å². The SMILES string of the molecule is CCC(=O)N1CCC(Cn2cc(COC(c3ccc(C)c(CN4C[C@@H](C)Oc5ccccc5S4(O)O)c3)C(C)(C)C(=O)O)nn2)CC1. The van der Waals surface area contributed by atoms with E-state index < -0.39 is 28.3 Å². The molecule has 3 heterocycles. The number of aliphatic carboxylic acids is 1. The zero-order valence-electron chi connectivity index (χ0n) is 27.8. The number of fused-ring (bicyclic) bond motifs is 1. The second-order valence-electron chi connectivity index (χ2n) is 13.2. The molecule has 1 fully saturated rings. The fourth-order valence-corrected chi connectivity index (χ4v) is 7.94. The third kappa shape index (κ3) is 7.81. The van der Waals surface area contributed by atoms with E-state index in [2.05, 4.69) is 10.3 Å². The van der Waals surface area contributed by atoms with Gasteiger partial charge in [0.1, 0.15) is 22.4 Å². The van der Waals surface area contributed by atoms with Gasteiger partial charge in [0, 0.05) is 32.6 Å². The van der Waals surface area contributed by atoms with E-state index in [9.17, 15) is 23.8 Å². The number of ether oxygens (including phenoxy) is 2. The number of hydrogen-bond donors (Lipinski definition) is 3. The Morgan fingerprint density at radius 1 is 1.15 bits per heavy atom. The number of piperidine rings is 1. The Kier molecular flexibility index (Phi) is 10.6. The van der Waals surface area contributed by atoms with Crippen LogP contribution in [0, 0.1) is 18.3 Å². The molecule has 0 aliphatic carbocycles. The van der Waals surface area contributed by atoms with Crippen LogP contribution in [0.2, 0.25) is 0 Å². The molecule has 2 aliphatic heterocycles. The van der Waals surface area contributed by atoms with Gasteiger partial charge in [-0.05, 0) is 75.3 Å². The van der Waals surface area contributed by atoms with Crippen molar-refractivity contribution in [3.63, 3.8) is 0 Å². The molecule has 2 aliphatic rings. The lowest BCUT2D eigenvalue weighted by molar-refractivity contribution is -0.158. The zero-order chi connectivity index (χ0) is 33.9. The highest BCUT2D eigenvalue weighted by Gasteiger charge is 2.40. The first-order chi connectivity index (χ1) is 22.3. The first-order valence-electron chi connectivity index (χ1n) is 16.2. The molecule has 0 saturated carbocycles. The van der Waals surface area contributed by atoms with Gasteiger partial charge in [0.2, 0.25) is 5.91 Å². The third-order valence-corrected chi connectivity index (χ3v) is 11.1. The van der Waals surface area contributed by atoms with E-state index >= 15 is 0 Å². The van der Waals surface area contributed by atoms with Crippen molar-refractivity contribution in [1.29, 1.82) is 0 Å². The molecule has 47 heavy (non-hydrogen) atoms. The van der Waals surface area contributed by atoms with Gasteiger partial charge < -0.3 is 19.5 Å². The van der Waals surface area contributed by atoms with Crippen LogP contribution in [0.25, 0.3) is 0 Å². The van der Waals surface area contributed by atoms with Crippen molar-refractivity contribution in [3.8, 4) is 5.75 Å². The Bertz CT molecular complexity index is 1570. The highest BCUT2D eigenvalue weighted by molar-refractivity contribution is 8.22. The molecule has 13 heteroatoms. The maximum absolute atomic E-state index is 12.5. The van der Waals surface area contributed by atoms with Crippen LogP contribution in [-0.2, 0) is 34.0 Å². The predicted molar refractivity (Wildman–Crippen MR) is 178 cm³/mol. The zero-order valence-corrected chi connectivity index (χ0v) is 28.7. The van der Waals surface area contributed by atoms with Crippen molar-refractivity contribution in [3.05, 3.63) is 71.0 Å². The van der Waals surface area contributed by atoms with Gasteiger partial charge in [-0.2, -0.15) is 4.31 Å². The first kappa shape index (κ1) is 34.8. The lowest BCUT2D eigenvalue weighted by Gasteiger charge is -2.42. The van der Waals surface area contributed by atoms with Gasteiger partial charge >= 0.3 is 5.97 Å². The van der Waals surface area contributed by atoms with Crippen molar-refractivity contribution in [2.45, 2.75) is 90.7 Å². The average molecular weight is 670 g/mol. The number of amides is 1. The van der Waals surface area contributed by atoms with Crippen LogP contribution < -0.4 is 4.74 Å². The number of carbonyl (C=O) groups excluding carboxylic acids is 1. The summed E-state index contributed by atoms with van der Waals surface area (Å²) in [7, 11) is -3.36. The number of para-hydroxylation sites is 1. The van der Waals surface area contributed by atoms with Crippen molar-refractivity contribution in [2.24, 2.45) is 11.3 Å². The fraction of sp³-hybridized carbons (Fsp3) is 0.529. The average Bonchev–Trinajstić information content (AvgIpc) is 3.45. The number of rotatable bonds is 11. The van der Waals surface area contributed by atoms with Crippen molar-refractivity contribution >= 4 is 22.7 Å². The topological polar surface area (TPSA) is 150 Å². The number of carboxylic acid groups (broad SMARTS) is 1. The van der Waals surface area contributed by atoms with Crippen LogP contribution in [-0.4, -0.2) is 76.0 Å². The van der Waals surface area contributed by atoms with Gasteiger partial charge in [-0.15, -0.1) is 15.9 Å². The monoisotopic (exact) mass is 669 g/mol. The summed E-state index contributed by atoms with van der Waals surface area (Å²) in [4.78, 5) is 26.8. The molecule has 1 saturated heterocycles. The molecule has 2 aromatic carbocycles. The summed E-state index contributed by atoms with van der Waals surface area (Å²) < 4.78 is 38.6. The number of nitrogens with zero attached hydrogens (tertiary/aromatic N) is 5. The molecule has 3 N–H and O–H groups in total. The van der Waals surface area contributed by atoms with Crippen molar-refractivity contribution < 1.29 is 33.3 Å². The minimum Gasteiger partial charge on any atom is -0.487 e. The molecule has 0 spiro atoms. The Morgan fingerprint density at radius 3 is 2.57 bits per heavy atom. The normalized spacial score (nSPS) is 20.1. The number of hydrogen-bond acceptors (Lipinski definition) is 9. The largest absolute Gasteiger partial charge is 0.487 e. The standard InChI is InChI=1S/C34H47N5O7S/c1-6-31(40)37-15-13-25(14-16-37)19-38-21-28(35-36-38)22-45-32(34(4,5)33(41)42)26-12-11-23(2)27(17-26)20-39-18-24(3)46-29-9-7-8-10-30(29)47(39,43)44/h7-12,17,21,24-25,32,43-44H,6,13-16,18-20,22H2,1-5H3,(H,41,42)/t24-,32?/m1/s1. The molecular formula is C34H47N5O7S. The molecule has 0 bridgehead atoms. The highest BCUT2D eigenvalue weighted by atomic mass is 32.3. The summed E-state index contributed by atoms with van der Waals surface area (Å²) in [5, 5.41) is 18.8. The summed E-state index contributed by atoms with van der Waals surface area (Å²) in [5.41, 5.74) is 1.71. The summed E-state index contributed by atoms with van der Waals surface area (Å²) in [5.74, 6) is 0.0266. The maximum Gasteiger partial charge on any atom is 0.312 e. The predicted octanol–water partition coefficient (Wildman–Crippen LogP) is 5.91. The van der Waals surface area contributed by atoms with E-state index in [0.717, 1.165) is 37.1 Å². The van der Waals surface area contributed by atoms with E-state index in [1.54, 1.807) is 47.1 Å². The minimum atomic E-state index is -3.36. The van der Waals surface area contributed by atoms with Crippen LogP contribution >= 0.6 is 10.8 Å². The fourth-order valence-electron chi connectivity index (χ4n) is 6.28. The van der Waals surface area contributed by atoms with Crippen LogP contribution in [0.15, 0.2) is 53.6 Å². The summed E-state index contributed by atoms with van der Waals surface area (Å²) in [6.45, 7) is 11.7. The molecular weight excluding hydrogens is 622 g/mol. The lowest BCUT2D eigenvalue weighted by atomic mass is 9.81. The quantitative estimate of drug-likeness (QED) is 0.225. The highest BCUT2D eigenvalue weighted by Crippen LogP contribution is 2.57. The van der Waals surface area contributed by atoms with Gasteiger partial charge in [-0.3, -0.25) is 23.4 Å². The van der Waals surface area contributed by atoms with Crippen molar-refractivity contribution in [2.75, 3.05) is 19.6 Å². The molecule has 12 nitrogen and oxygen atoms in total. The Morgan fingerprint density at radius 2 is 1.87 bits per heavy atom. The van der Waals surface area contributed by atoms with Crippen LogP contribution in [0.3, 0.4) is 0 Å². The minimum absolute atomic E-state index is 0.0618. The van der Waals surface area contributed by atoms with E-state index in [4.69, 9.17) is 9.47 Å². The lowest BCUT2D eigenvalue weighted by Crippen LogP contribution is -2.39. The molecule has 0 radical (unpaired) electrons. The maximum atomic E-state index is 12.5. The summed E-state index contributed by atoms with van der Waals surface area (Å²) in [6.07, 6.45) is 3.05. The number of benzene rings is 2. The number of aryl methyl sites for hydroxylation is 1. The smallest absolute Gasteiger partial charge is 0.312 e. The van der Waals surface area contributed by atoms with Gasteiger partial charge in [-0.25, -0.2) is 0 Å². The summed E-state index contributed by atoms with van der Waals surface area (Å²) in [6, 6.07) is 12.6. The Balaban J connectivity index is 1.32. The van der Waals surface area contributed by atoms with Gasteiger partial charge in [-0.1, -0.05) is 42.5 Å². The van der Waals surface area contributed by atoms with E-state index in [-0.39, 0.29) is 31.7 Å². The Hall–Kier alpha value is -3.49. The molecule has 1 aromatic heterocycles. The molecule has 5 rings (SSSR count). The second-order valence-corrected chi connectivity index (χ2v) is 15.2. The first-order valence-corrected chi connectivity index (χ1v) is 17.7. The van der Waals surface area contributed by atoms with Gasteiger partial charge in [0.25, 0.3) is 0 Å². The number of likely N-dealkylation sites (tertiary alicyclic amines) is 1. The summed E-state index contributed by atoms with van der Waals surface area (Å²) >= 11 is 0. The van der Waals surface area contributed by atoms with E-state index in [0.29, 0.717) is 40.8 Å². The number of carboxylic acids is 1. The molecule has 1 unspecified atom stereocenters. The number of aromatic nitrogens is 3. The van der Waals surface area contributed by atoms with Crippen LogP contribution in [0.5, 0.6) is 5.75 Å². The molecule has 3 aromatic rings. The Labute approximate surface area is 278 Å². The number of carbonyl (C=O) groups is 2. The van der Waals surface area contributed by atoms with E-state index in [1.165, 1.54) is 0 Å². The second kappa shape index (κ2) is 14.3. The molecule has 1 amide bonds. The van der Waals surface area contributed by atoms with E-state index in [1.807, 2.05) is 50.1 Å². The van der Waals surface area contributed by atoms with Gasteiger partial charge in [0.05, 0.1) is 30.9 Å².